The molecule has 1 aliphatic rings. The van der Waals surface area contributed by atoms with Gasteiger partial charge in [-0.2, -0.15) is 0 Å². The summed E-state index contributed by atoms with van der Waals surface area (Å²) in [6.07, 6.45) is 0.176. The van der Waals surface area contributed by atoms with Crippen molar-refractivity contribution in [2.45, 2.75) is 12.5 Å². The van der Waals surface area contributed by atoms with Gasteiger partial charge in [-0.05, 0) is 40.2 Å². The van der Waals surface area contributed by atoms with Crippen molar-refractivity contribution in [3.8, 4) is 11.5 Å². The molecule has 2 heterocycles. The largest absolute Gasteiger partial charge is 0.497 e. The fraction of sp³-hybridized carbons (Fsp3) is 0.214. The Kier molecular flexibility index (Phi) is 3.33. The molecule has 19 heavy (non-hydrogen) atoms. The van der Waals surface area contributed by atoms with Gasteiger partial charge in [-0.25, -0.2) is 0 Å². The molecule has 0 saturated heterocycles. The molecule has 0 aliphatic carbocycles. The first-order valence-corrected chi connectivity index (χ1v) is 7.41. The fourth-order valence-corrected chi connectivity index (χ4v) is 3.54. The Balaban J connectivity index is 1.96. The first-order chi connectivity index (χ1) is 9.17. The molecular formula is C14H11BrO3S. The van der Waals surface area contributed by atoms with E-state index in [2.05, 4.69) is 15.9 Å². The van der Waals surface area contributed by atoms with Crippen molar-refractivity contribution in [1.82, 2.24) is 0 Å². The van der Waals surface area contributed by atoms with Gasteiger partial charge in [0.1, 0.15) is 17.6 Å². The van der Waals surface area contributed by atoms with E-state index in [0.29, 0.717) is 23.5 Å². The van der Waals surface area contributed by atoms with E-state index >= 15 is 0 Å². The zero-order valence-electron chi connectivity index (χ0n) is 10.2. The van der Waals surface area contributed by atoms with Crippen LogP contribution in [0.5, 0.6) is 11.5 Å². The number of halogens is 1. The highest BCUT2D eigenvalue weighted by molar-refractivity contribution is 9.11. The molecule has 98 valence electrons. The maximum Gasteiger partial charge on any atom is 0.170 e. The van der Waals surface area contributed by atoms with Crippen LogP contribution in [0, 0.1) is 0 Å². The lowest BCUT2D eigenvalue weighted by Gasteiger charge is -2.24. The molecule has 0 spiro atoms. The number of Topliss-reactive ketones (excluding diaryl/α,β-unsaturated/α-hetero) is 1. The molecule has 1 aromatic heterocycles. The Morgan fingerprint density at radius 1 is 1.37 bits per heavy atom. The predicted octanol–water partition coefficient (Wildman–Crippen LogP) is 4.23. The summed E-state index contributed by atoms with van der Waals surface area (Å²) in [5, 5.41) is 0. The standard InChI is InChI=1S/C14H11BrO3S/c1-17-8-2-3-9-10(16)7-12(18-11(9)6-8)13-4-5-14(15)19-13/h2-6,12H,7H2,1H3. The Morgan fingerprint density at radius 3 is 2.89 bits per heavy atom. The van der Waals surface area contributed by atoms with Crippen molar-refractivity contribution in [2.75, 3.05) is 7.11 Å². The summed E-state index contributed by atoms with van der Waals surface area (Å²) in [7, 11) is 1.60. The lowest BCUT2D eigenvalue weighted by atomic mass is 10.00. The molecule has 1 atom stereocenters. The second-order valence-electron chi connectivity index (χ2n) is 4.24. The first kappa shape index (κ1) is 12.7. The molecule has 3 rings (SSSR count). The number of ether oxygens (including phenoxy) is 2. The molecule has 0 saturated carbocycles. The van der Waals surface area contributed by atoms with Gasteiger partial charge in [0.2, 0.25) is 0 Å². The molecule has 0 N–H and O–H groups in total. The first-order valence-electron chi connectivity index (χ1n) is 5.80. The maximum atomic E-state index is 12.1. The number of benzene rings is 1. The van der Waals surface area contributed by atoms with Crippen LogP contribution in [0.3, 0.4) is 0 Å². The van der Waals surface area contributed by atoms with Crippen molar-refractivity contribution in [3.05, 3.63) is 44.6 Å². The average Bonchev–Trinajstić information content (AvgIpc) is 2.84. The van der Waals surface area contributed by atoms with E-state index in [-0.39, 0.29) is 11.9 Å². The molecule has 1 aromatic carbocycles. The third-order valence-corrected chi connectivity index (χ3v) is 4.76. The van der Waals surface area contributed by atoms with Gasteiger partial charge in [0, 0.05) is 10.9 Å². The van der Waals surface area contributed by atoms with Gasteiger partial charge in [-0.3, -0.25) is 4.79 Å². The van der Waals surface area contributed by atoms with Crippen molar-refractivity contribution in [2.24, 2.45) is 0 Å². The van der Waals surface area contributed by atoms with Crippen LogP contribution in [0.15, 0.2) is 34.1 Å². The number of ketones is 1. The zero-order chi connectivity index (χ0) is 13.4. The predicted molar refractivity (Wildman–Crippen MR) is 77.3 cm³/mol. The van der Waals surface area contributed by atoms with Gasteiger partial charge < -0.3 is 9.47 Å². The van der Waals surface area contributed by atoms with Crippen molar-refractivity contribution in [3.63, 3.8) is 0 Å². The average molecular weight is 339 g/mol. The summed E-state index contributed by atoms with van der Waals surface area (Å²) < 4.78 is 12.1. The van der Waals surface area contributed by atoms with E-state index in [4.69, 9.17) is 9.47 Å². The molecular weight excluding hydrogens is 328 g/mol. The Morgan fingerprint density at radius 2 is 2.21 bits per heavy atom. The van der Waals surface area contributed by atoms with Crippen LogP contribution >= 0.6 is 27.3 Å². The van der Waals surface area contributed by atoms with Gasteiger partial charge in [0.15, 0.2) is 5.78 Å². The lowest BCUT2D eigenvalue weighted by Crippen LogP contribution is -2.19. The van der Waals surface area contributed by atoms with Gasteiger partial charge in [-0.15, -0.1) is 11.3 Å². The normalized spacial score (nSPS) is 17.8. The number of carbonyl (C=O) groups excluding carboxylic acids is 1. The number of rotatable bonds is 2. The molecule has 0 fully saturated rings. The van der Waals surface area contributed by atoms with Crippen LogP contribution in [0.25, 0.3) is 0 Å². The quantitative estimate of drug-likeness (QED) is 0.822. The van der Waals surface area contributed by atoms with E-state index < -0.39 is 0 Å². The number of carbonyl (C=O) groups is 1. The molecule has 3 nitrogen and oxygen atoms in total. The smallest absolute Gasteiger partial charge is 0.170 e. The lowest BCUT2D eigenvalue weighted by molar-refractivity contribution is 0.0854. The Labute approximate surface area is 123 Å². The molecule has 0 radical (unpaired) electrons. The van der Waals surface area contributed by atoms with E-state index in [0.717, 1.165) is 8.66 Å². The highest BCUT2D eigenvalue weighted by Gasteiger charge is 2.28. The number of hydrogen-bond donors (Lipinski definition) is 0. The Bertz CT molecular complexity index is 635. The highest BCUT2D eigenvalue weighted by Crippen LogP contribution is 2.39. The summed E-state index contributed by atoms with van der Waals surface area (Å²) in [4.78, 5) is 13.2. The monoisotopic (exact) mass is 338 g/mol. The minimum absolute atomic E-state index is 0.110. The molecule has 1 aliphatic heterocycles. The molecule has 0 bridgehead atoms. The fourth-order valence-electron chi connectivity index (χ4n) is 2.09. The summed E-state index contributed by atoms with van der Waals surface area (Å²) in [5.74, 6) is 1.41. The topological polar surface area (TPSA) is 35.5 Å². The van der Waals surface area contributed by atoms with E-state index in [1.54, 1.807) is 36.6 Å². The van der Waals surface area contributed by atoms with Crippen molar-refractivity contribution < 1.29 is 14.3 Å². The summed E-state index contributed by atoms with van der Waals surface area (Å²) in [6.45, 7) is 0. The third kappa shape index (κ3) is 2.40. The Hall–Kier alpha value is -1.33. The van der Waals surface area contributed by atoms with Crippen molar-refractivity contribution >= 4 is 33.0 Å². The van der Waals surface area contributed by atoms with Crippen LogP contribution < -0.4 is 9.47 Å². The summed E-state index contributed by atoms with van der Waals surface area (Å²) in [5.41, 5.74) is 0.632. The van der Waals surface area contributed by atoms with Gasteiger partial charge in [0.05, 0.1) is 22.9 Å². The molecule has 5 heteroatoms. The van der Waals surface area contributed by atoms with Crippen LogP contribution in [-0.4, -0.2) is 12.9 Å². The van der Waals surface area contributed by atoms with E-state index in [1.807, 2.05) is 12.1 Å². The van der Waals surface area contributed by atoms with Gasteiger partial charge >= 0.3 is 0 Å². The van der Waals surface area contributed by atoms with Crippen LogP contribution in [0.4, 0.5) is 0 Å². The number of hydrogen-bond acceptors (Lipinski definition) is 4. The minimum Gasteiger partial charge on any atom is -0.497 e. The van der Waals surface area contributed by atoms with Crippen molar-refractivity contribution in [1.29, 1.82) is 0 Å². The molecule has 1 unspecified atom stereocenters. The van der Waals surface area contributed by atoms with E-state index in [9.17, 15) is 4.79 Å². The summed E-state index contributed by atoms with van der Waals surface area (Å²) in [6, 6.07) is 9.26. The summed E-state index contributed by atoms with van der Waals surface area (Å²) >= 11 is 5.02. The SMILES string of the molecule is COc1ccc2c(c1)OC(c1ccc(Br)s1)CC2=O. The number of fused-ring (bicyclic) bond motifs is 1. The van der Waals surface area contributed by atoms with Crippen LogP contribution in [-0.2, 0) is 0 Å². The maximum absolute atomic E-state index is 12.1. The van der Waals surface area contributed by atoms with Gasteiger partial charge in [-0.1, -0.05) is 0 Å². The van der Waals surface area contributed by atoms with E-state index in [1.165, 1.54) is 0 Å². The minimum atomic E-state index is -0.205. The number of methoxy groups -OCH3 is 1. The third-order valence-electron chi connectivity index (χ3n) is 3.04. The zero-order valence-corrected chi connectivity index (χ0v) is 12.6. The molecule has 0 amide bonds. The number of thiophene rings is 1. The van der Waals surface area contributed by atoms with Crippen LogP contribution in [0.1, 0.15) is 27.8 Å². The highest BCUT2D eigenvalue weighted by atomic mass is 79.9. The molecule has 2 aromatic rings. The van der Waals surface area contributed by atoms with Gasteiger partial charge in [0.25, 0.3) is 0 Å². The van der Waals surface area contributed by atoms with Crippen LogP contribution in [0.2, 0.25) is 0 Å². The second kappa shape index (κ2) is 4.98. The second-order valence-corrected chi connectivity index (χ2v) is 6.73.